The second-order valence-corrected chi connectivity index (χ2v) is 5.48. The van der Waals surface area contributed by atoms with Gasteiger partial charge >= 0.3 is 0 Å². The van der Waals surface area contributed by atoms with Gasteiger partial charge < -0.3 is 15.4 Å². The fraction of sp³-hybridized carbons (Fsp3) is 0.929. The minimum Gasteiger partial charge on any atom is -0.381 e. The first-order chi connectivity index (χ1) is 8.72. The molecule has 0 aromatic heterocycles. The summed E-state index contributed by atoms with van der Waals surface area (Å²) in [6, 6.07) is 0. The predicted octanol–water partition coefficient (Wildman–Crippen LogP) is 2.01. The van der Waals surface area contributed by atoms with Crippen LogP contribution in [0.25, 0.3) is 0 Å². The van der Waals surface area contributed by atoms with Crippen LogP contribution in [-0.2, 0) is 4.74 Å². The van der Waals surface area contributed by atoms with Crippen LogP contribution in [0.1, 0.15) is 39.5 Å². The van der Waals surface area contributed by atoms with Gasteiger partial charge in [-0.25, -0.2) is 0 Å². The molecule has 1 fully saturated rings. The highest BCUT2D eigenvalue weighted by atomic mass is 16.5. The van der Waals surface area contributed by atoms with Crippen molar-refractivity contribution >= 4 is 5.96 Å². The summed E-state index contributed by atoms with van der Waals surface area (Å²) in [4.78, 5) is 4.19. The van der Waals surface area contributed by atoms with Gasteiger partial charge in [-0.05, 0) is 37.5 Å². The number of nitrogens with one attached hydrogen (secondary N) is 2. The monoisotopic (exact) mass is 255 g/mol. The van der Waals surface area contributed by atoms with Crippen molar-refractivity contribution < 1.29 is 4.74 Å². The maximum absolute atomic E-state index is 5.59. The third kappa shape index (κ3) is 8.34. The van der Waals surface area contributed by atoms with Gasteiger partial charge in [0.1, 0.15) is 0 Å². The average Bonchev–Trinajstić information content (AvgIpc) is 3.14. The van der Waals surface area contributed by atoms with E-state index in [2.05, 4.69) is 29.5 Å². The topological polar surface area (TPSA) is 45.7 Å². The first kappa shape index (κ1) is 15.3. The van der Waals surface area contributed by atoms with Gasteiger partial charge in [0, 0.05) is 33.4 Å². The summed E-state index contributed by atoms with van der Waals surface area (Å²) in [5.74, 6) is 2.49. The fourth-order valence-corrected chi connectivity index (χ4v) is 1.62. The summed E-state index contributed by atoms with van der Waals surface area (Å²) in [6.45, 7) is 8.18. The van der Waals surface area contributed by atoms with Gasteiger partial charge in [0.2, 0.25) is 0 Å². The Morgan fingerprint density at radius 3 is 2.61 bits per heavy atom. The van der Waals surface area contributed by atoms with Gasteiger partial charge in [0.15, 0.2) is 5.96 Å². The largest absolute Gasteiger partial charge is 0.381 e. The van der Waals surface area contributed by atoms with Crippen molar-refractivity contribution in [2.24, 2.45) is 16.8 Å². The molecular formula is C14H29N3O. The van der Waals surface area contributed by atoms with E-state index in [1.807, 2.05) is 7.05 Å². The fourth-order valence-electron chi connectivity index (χ4n) is 1.62. The van der Waals surface area contributed by atoms with Crippen LogP contribution in [0.4, 0.5) is 0 Å². The lowest BCUT2D eigenvalue weighted by atomic mass is 10.1. The minimum absolute atomic E-state index is 0.728. The Balaban J connectivity index is 1.90. The van der Waals surface area contributed by atoms with Crippen LogP contribution >= 0.6 is 0 Å². The summed E-state index contributed by atoms with van der Waals surface area (Å²) in [5, 5.41) is 6.62. The van der Waals surface area contributed by atoms with Crippen molar-refractivity contribution in [3.63, 3.8) is 0 Å². The second-order valence-electron chi connectivity index (χ2n) is 5.48. The van der Waals surface area contributed by atoms with Crippen LogP contribution in [0, 0.1) is 11.8 Å². The van der Waals surface area contributed by atoms with Crippen LogP contribution in [-0.4, -0.2) is 39.3 Å². The SMILES string of the molecule is CN=C(NCCCOCC1CC1)NCCC(C)C. The molecule has 0 aromatic rings. The zero-order chi connectivity index (χ0) is 13.2. The van der Waals surface area contributed by atoms with Gasteiger partial charge in [-0.2, -0.15) is 0 Å². The molecule has 0 amide bonds. The minimum atomic E-state index is 0.728. The van der Waals surface area contributed by atoms with E-state index in [0.29, 0.717) is 0 Å². The van der Waals surface area contributed by atoms with E-state index in [-0.39, 0.29) is 0 Å². The van der Waals surface area contributed by atoms with Crippen LogP contribution in [0.5, 0.6) is 0 Å². The van der Waals surface area contributed by atoms with Gasteiger partial charge in [0.25, 0.3) is 0 Å². The van der Waals surface area contributed by atoms with E-state index in [1.165, 1.54) is 19.3 Å². The number of rotatable bonds is 9. The molecular weight excluding hydrogens is 226 g/mol. The van der Waals surface area contributed by atoms with Crippen LogP contribution in [0.3, 0.4) is 0 Å². The number of guanidine groups is 1. The molecule has 0 heterocycles. The first-order valence-corrected chi connectivity index (χ1v) is 7.24. The maximum atomic E-state index is 5.59. The van der Waals surface area contributed by atoms with Crippen LogP contribution < -0.4 is 10.6 Å². The molecule has 2 N–H and O–H groups in total. The molecule has 0 spiro atoms. The van der Waals surface area contributed by atoms with Gasteiger partial charge in [-0.1, -0.05) is 13.8 Å². The molecule has 106 valence electrons. The van der Waals surface area contributed by atoms with E-state index in [1.54, 1.807) is 0 Å². The highest BCUT2D eigenvalue weighted by Crippen LogP contribution is 2.28. The molecule has 1 rings (SSSR count). The number of hydrogen-bond donors (Lipinski definition) is 2. The number of ether oxygens (including phenoxy) is 1. The van der Waals surface area contributed by atoms with Gasteiger partial charge in [0.05, 0.1) is 0 Å². The predicted molar refractivity (Wildman–Crippen MR) is 77.0 cm³/mol. The lowest BCUT2D eigenvalue weighted by Gasteiger charge is -2.12. The second kappa shape index (κ2) is 9.20. The number of hydrogen-bond acceptors (Lipinski definition) is 2. The van der Waals surface area contributed by atoms with E-state index >= 15 is 0 Å². The number of aliphatic imine (C=N–C) groups is 1. The Labute approximate surface area is 112 Å². The molecule has 18 heavy (non-hydrogen) atoms. The lowest BCUT2D eigenvalue weighted by Crippen LogP contribution is -2.38. The molecule has 0 aromatic carbocycles. The molecule has 0 atom stereocenters. The van der Waals surface area contributed by atoms with Gasteiger partial charge in [-0.3, -0.25) is 4.99 Å². The third-order valence-corrected chi connectivity index (χ3v) is 3.05. The molecule has 0 aliphatic heterocycles. The van der Waals surface area contributed by atoms with Crippen molar-refractivity contribution in [2.75, 3.05) is 33.4 Å². The Morgan fingerprint density at radius 1 is 1.28 bits per heavy atom. The lowest BCUT2D eigenvalue weighted by molar-refractivity contribution is 0.123. The normalized spacial score (nSPS) is 16.1. The van der Waals surface area contributed by atoms with Crippen molar-refractivity contribution in [3.05, 3.63) is 0 Å². The van der Waals surface area contributed by atoms with Crippen molar-refractivity contribution in [2.45, 2.75) is 39.5 Å². The molecule has 1 aliphatic carbocycles. The average molecular weight is 255 g/mol. The highest BCUT2D eigenvalue weighted by Gasteiger charge is 2.20. The molecule has 0 saturated heterocycles. The maximum Gasteiger partial charge on any atom is 0.190 e. The summed E-state index contributed by atoms with van der Waals surface area (Å²) in [6.07, 6.45) is 4.94. The summed E-state index contributed by atoms with van der Waals surface area (Å²) in [7, 11) is 1.81. The van der Waals surface area contributed by atoms with Crippen molar-refractivity contribution in [1.29, 1.82) is 0 Å². The third-order valence-electron chi connectivity index (χ3n) is 3.05. The molecule has 0 radical (unpaired) electrons. The van der Waals surface area contributed by atoms with Crippen LogP contribution in [0.15, 0.2) is 4.99 Å². The molecule has 0 bridgehead atoms. The summed E-state index contributed by atoms with van der Waals surface area (Å²) < 4.78 is 5.59. The highest BCUT2D eigenvalue weighted by molar-refractivity contribution is 5.79. The first-order valence-electron chi connectivity index (χ1n) is 7.24. The Morgan fingerprint density at radius 2 is 2.00 bits per heavy atom. The molecule has 4 nitrogen and oxygen atoms in total. The molecule has 4 heteroatoms. The van der Waals surface area contributed by atoms with Crippen molar-refractivity contribution in [1.82, 2.24) is 10.6 Å². The van der Waals surface area contributed by atoms with Gasteiger partial charge in [-0.15, -0.1) is 0 Å². The van der Waals surface area contributed by atoms with E-state index in [9.17, 15) is 0 Å². The zero-order valence-electron chi connectivity index (χ0n) is 12.2. The number of nitrogens with zero attached hydrogens (tertiary/aromatic N) is 1. The zero-order valence-corrected chi connectivity index (χ0v) is 12.2. The Kier molecular flexibility index (Phi) is 7.81. The smallest absolute Gasteiger partial charge is 0.190 e. The van der Waals surface area contributed by atoms with Crippen molar-refractivity contribution in [3.8, 4) is 0 Å². The Hall–Kier alpha value is -0.770. The summed E-state index contributed by atoms with van der Waals surface area (Å²) >= 11 is 0. The van der Waals surface area contributed by atoms with E-state index < -0.39 is 0 Å². The quantitative estimate of drug-likeness (QED) is 0.376. The van der Waals surface area contributed by atoms with E-state index in [0.717, 1.165) is 50.5 Å². The molecule has 1 saturated carbocycles. The standard InChI is InChI=1S/C14H29N3O/c1-12(2)7-9-17-14(15-3)16-8-4-10-18-11-13-5-6-13/h12-13H,4-11H2,1-3H3,(H2,15,16,17). The van der Waals surface area contributed by atoms with Crippen LogP contribution in [0.2, 0.25) is 0 Å². The van der Waals surface area contributed by atoms with E-state index in [4.69, 9.17) is 4.74 Å². The molecule has 0 unspecified atom stereocenters. The summed E-state index contributed by atoms with van der Waals surface area (Å²) in [5.41, 5.74) is 0. The Bertz CT molecular complexity index is 237. The molecule has 1 aliphatic rings.